The predicted octanol–water partition coefficient (Wildman–Crippen LogP) is 2.94. The largest absolute Gasteiger partial charge is 0.330 e. The van der Waals surface area contributed by atoms with Crippen molar-refractivity contribution in [1.82, 2.24) is 14.9 Å². The number of hydrogen-bond acceptors (Lipinski definition) is 2. The molecular weight excluding hydrogens is 290 g/mol. The molecule has 1 saturated carbocycles. The van der Waals surface area contributed by atoms with Crippen molar-refractivity contribution in [2.24, 2.45) is 7.05 Å². The summed E-state index contributed by atoms with van der Waals surface area (Å²) in [5, 5.41) is 3.54. The first-order chi connectivity index (χ1) is 8.65. The summed E-state index contributed by atoms with van der Waals surface area (Å²) in [6, 6.07) is 5.07. The zero-order valence-electron chi connectivity index (χ0n) is 10.8. The van der Waals surface area contributed by atoms with Gasteiger partial charge >= 0.3 is 0 Å². The Morgan fingerprint density at radius 2 is 2.22 bits per heavy atom. The van der Waals surface area contributed by atoms with Crippen LogP contribution >= 0.6 is 15.9 Å². The molecule has 1 aromatic carbocycles. The first-order valence-electron chi connectivity index (χ1n) is 6.50. The van der Waals surface area contributed by atoms with Gasteiger partial charge in [0.25, 0.3) is 0 Å². The van der Waals surface area contributed by atoms with Crippen molar-refractivity contribution in [2.75, 3.05) is 6.54 Å². The maximum Gasteiger partial charge on any atom is 0.110 e. The predicted molar refractivity (Wildman–Crippen MR) is 77.9 cm³/mol. The number of aryl methyl sites for hydroxylation is 2. The lowest BCUT2D eigenvalue weighted by atomic mass is 10.2. The number of halogens is 1. The first-order valence-corrected chi connectivity index (χ1v) is 7.29. The lowest BCUT2D eigenvalue weighted by Gasteiger charge is -2.04. The van der Waals surface area contributed by atoms with Crippen molar-refractivity contribution in [3.05, 3.63) is 28.0 Å². The number of benzene rings is 1. The summed E-state index contributed by atoms with van der Waals surface area (Å²) in [5.74, 6) is 1.16. The first kappa shape index (κ1) is 12.2. The molecule has 0 spiro atoms. The van der Waals surface area contributed by atoms with Gasteiger partial charge in [-0.3, -0.25) is 0 Å². The number of aromatic nitrogens is 2. The van der Waals surface area contributed by atoms with Crippen LogP contribution in [0.4, 0.5) is 0 Å². The van der Waals surface area contributed by atoms with Crippen LogP contribution in [0.15, 0.2) is 16.6 Å². The highest BCUT2D eigenvalue weighted by atomic mass is 79.9. The third-order valence-electron chi connectivity index (χ3n) is 3.52. The summed E-state index contributed by atoms with van der Waals surface area (Å²) < 4.78 is 3.34. The van der Waals surface area contributed by atoms with E-state index in [4.69, 9.17) is 4.98 Å². The van der Waals surface area contributed by atoms with Crippen molar-refractivity contribution < 1.29 is 0 Å². The average molecular weight is 308 g/mol. The van der Waals surface area contributed by atoms with Gasteiger partial charge in [0, 0.05) is 30.5 Å². The minimum absolute atomic E-state index is 0.772. The molecule has 4 heteroatoms. The molecule has 1 aromatic heterocycles. The van der Waals surface area contributed by atoms with Crippen molar-refractivity contribution in [1.29, 1.82) is 0 Å². The Morgan fingerprint density at radius 1 is 1.44 bits per heavy atom. The molecule has 0 saturated heterocycles. The highest BCUT2D eigenvalue weighted by Crippen LogP contribution is 2.26. The van der Waals surface area contributed by atoms with Gasteiger partial charge in [0.05, 0.1) is 11.0 Å². The van der Waals surface area contributed by atoms with E-state index in [0.29, 0.717) is 0 Å². The lowest BCUT2D eigenvalue weighted by Crippen LogP contribution is -2.20. The number of nitrogens with one attached hydrogen (secondary N) is 1. The average Bonchev–Trinajstić information content (AvgIpc) is 3.05. The fourth-order valence-corrected chi connectivity index (χ4v) is 3.21. The van der Waals surface area contributed by atoms with E-state index < -0.39 is 0 Å². The maximum atomic E-state index is 4.74. The number of rotatable bonds is 4. The number of nitrogens with zero attached hydrogens (tertiary/aromatic N) is 2. The van der Waals surface area contributed by atoms with Crippen LogP contribution in [-0.2, 0) is 13.5 Å². The van der Waals surface area contributed by atoms with Gasteiger partial charge in [-0.1, -0.05) is 0 Å². The number of hydrogen-bond donors (Lipinski definition) is 1. The van der Waals surface area contributed by atoms with Gasteiger partial charge in [0.1, 0.15) is 5.82 Å². The second kappa shape index (κ2) is 4.67. The van der Waals surface area contributed by atoms with Crippen LogP contribution in [0.5, 0.6) is 0 Å². The van der Waals surface area contributed by atoms with Crippen LogP contribution in [0.25, 0.3) is 11.0 Å². The summed E-state index contributed by atoms with van der Waals surface area (Å²) in [6.45, 7) is 3.13. The van der Waals surface area contributed by atoms with E-state index in [1.165, 1.54) is 23.9 Å². The fraction of sp³-hybridized carbons (Fsp3) is 0.500. The van der Waals surface area contributed by atoms with Gasteiger partial charge in [-0.05, 0) is 53.4 Å². The molecule has 1 N–H and O–H groups in total. The van der Waals surface area contributed by atoms with E-state index in [1.807, 2.05) is 0 Å². The van der Waals surface area contributed by atoms with Crippen molar-refractivity contribution in [2.45, 2.75) is 32.2 Å². The highest BCUT2D eigenvalue weighted by molar-refractivity contribution is 9.10. The maximum absolute atomic E-state index is 4.74. The van der Waals surface area contributed by atoms with Gasteiger partial charge in [-0.25, -0.2) is 4.98 Å². The normalized spacial score (nSPS) is 15.5. The lowest BCUT2D eigenvalue weighted by molar-refractivity contribution is 0.654. The zero-order chi connectivity index (χ0) is 12.7. The van der Waals surface area contributed by atoms with E-state index in [-0.39, 0.29) is 0 Å². The molecule has 0 unspecified atom stereocenters. The van der Waals surface area contributed by atoms with Crippen LogP contribution in [0.2, 0.25) is 0 Å². The van der Waals surface area contributed by atoms with Gasteiger partial charge in [0.15, 0.2) is 0 Å². The van der Waals surface area contributed by atoms with Gasteiger partial charge < -0.3 is 9.88 Å². The summed E-state index contributed by atoms with van der Waals surface area (Å²) in [4.78, 5) is 4.74. The molecule has 0 amide bonds. The van der Waals surface area contributed by atoms with E-state index >= 15 is 0 Å². The Morgan fingerprint density at radius 3 is 2.94 bits per heavy atom. The molecule has 18 heavy (non-hydrogen) atoms. The molecular formula is C14H18BrN3. The van der Waals surface area contributed by atoms with Gasteiger partial charge in [0.2, 0.25) is 0 Å². The molecule has 0 aliphatic heterocycles. The molecule has 3 nitrogen and oxygen atoms in total. The van der Waals surface area contributed by atoms with Crippen LogP contribution in [0, 0.1) is 6.92 Å². The van der Waals surface area contributed by atoms with E-state index in [0.717, 1.165) is 34.8 Å². The third kappa shape index (κ3) is 2.31. The minimum Gasteiger partial charge on any atom is -0.330 e. The Bertz CT molecular complexity index is 584. The van der Waals surface area contributed by atoms with Gasteiger partial charge in [-0.2, -0.15) is 0 Å². The molecule has 0 atom stereocenters. The standard InChI is InChI=1S/C14H18BrN3/c1-9-7-11(15)14-12(8-9)17-13(18(14)2)5-6-16-10-3-4-10/h7-8,10,16H,3-6H2,1-2H3. The van der Waals surface area contributed by atoms with Crippen LogP contribution in [0.3, 0.4) is 0 Å². The molecule has 3 rings (SSSR count). The second-order valence-corrected chi connectivity index (χ2v) is 6.03. The quantitative estimate of drug-likeness (QED) is 0.941. The fourth-order valence-electron chi connectivity index (χ4n) is 2.38. The Hall–Kier alpha value is -0.870. The molecule has 1 aliphatic rings. The topological polar surface area (TPSA) is 29.9 Å². The van der Waals surface area contributed by atoms with Crippen molar-refractivity contribution in [3.8, 4) is 0 Å². The number of fused-ring (bicyclic) bond motifs is 1. The van der Waals surface area contributed by atoms with E-state index in [1.54, 1.807) is 0 Å². The summed E-state index contributed by atoms with van der Waals surface area (Å²) in [6.07, 6.45) is 3.67. The second-order valence-electron chi connectivity index (χ2n) is 5.18. The molecule has 1 aliphatic carbocycles. The smallest absolute Gasteiger partial charge is 0.110 e. The summed E-state index contributed by atoms with van der Waals surface area (Å²) >= 11 is 3.64. The molecule has 96 valence electrons. The monoisotopic (exact) mass is 307 g/mol. The third-order valence-corrected chi connectivity index (χ3v) is 4.12. The SMILES string of the molecule is Cc1cc(Br)c2c(c1)nc(CCNC1CC1)n2C. The molecule has 2 aromatic rings. The van der Waals surface area contributed by atoms with Crippen molar-refractivity contribution >= 4 is 27.0 Å². The van der Waals surface area contributed by atoms with Crippen LogP contribution in [-0.4, -0.2) is 22.1 Å². The van der Waals surface area contributed by atoms with Crippen LogP contribution in [0.1, 0.15) is 24.2 Å². The van der Waals surface area contributed by atoms with Gasteiger partial charge in [-0.15, -0.1) is 0 Å². The van der Waals surface area contributed by atoms with E-state index in [9.17, 15) is 0 Å². The minimum atomic E-state index is 0.772. The molecule has 1 heterocycles. The molecule has 0 radical (unpaired) electrons. The Kier molecular flexibility index (Phi) is 3.16. The van der Waals surface area contributed by atoms with Crippen molar-refractivity contribution in [3.63, 3.8) is 0 Å². The Balaban J connectivity index is 1.87. The molecule has 1 fully saturated rings. The summed E-state index contributed by atoms with van der Waals surface area (Å²) in [7, 11) is 2.10. The number of imidazole rings is 1. The Labute approximate surface area is 116 Å². The molecule has 0 bridgehead atoms. The van der Waals surface area contributed by atoms with Crippen LogP contribution < -0.4 is 5.32 Å². The summed E-state index contributed by atoms with van der Waals surface area (Å²) in [5.41, 5.74) is 3.53. The van der Waals surface area contributed by atoms with E-state index in [2.05, 4.69) is 51.9 Å². The highest BCUT2D eigenvalue weighted by Gasteiger charge is 2.20. The zero-order valence-corrected chi connectivity index (χ0v) is 12.4.